The number of aromatic amines is 1. The van der Waals surface area contributed by atoms with Gasteiger partial charge in [0.25, 0.3) is 5.56 Å². The molecule has 0 spiro atoms. The summed E-state index contributed by atoms with van der Waals surface area (Å²) in [5, 5.41) is 14.8. The maximum absolute atomic E-state index is 13.5. The van der Waals surface area contributed by atoms with Crippen molar-refractivity contribution in [2.45, 2.75) is 25.3 Å². The molecule has 4 heterocycles. The van der Waals surface area contributed by atoms with Crippen LogP contribution in [0.3, 0.4) is 0 Å². The largest absolute Gasteiger partial charge is 0.449 e. The van der Waals surface area contributed by atoms with Gasteiger partial charge in [0, 0.05) is 54.5 Å². The van der Waals surface area contributed by atoms with E-state index in [1.54, 1.807) is 54.1 Å². The quantitative estimate of drug-likeness (QED) is 0.223. The van der Waals surface area contributed by atoms with Crippen LogP contribution in [0.25, 0.3) is 28.2 Å². The molecular formula is C28H25Cl2N9O4. The van der Waals surface area contributed by atoms with E-state index in [4.69, 9.17) is 37.7 Å². The zero-order valence-electron chi connectivity index (χ0n) is 22.8. The average molecular weight is 622 g/mol. The number of aryl methyl sites for hydroxylation is 1. The minimum Gasteiger partial charge on any atom is -0.449 e. The number of benzene rings is 2. The number of methoxy groups -OCH3 is 1. The van der Waals surface area contributed by atoms with Crippen LogP contribution in [0.5, 0.6) is 0 Å². The normalized spacial score (nSPS) is 14.1. The molecule has 5 aromatic rings. The lowest BCUT2D eigenvalue weighted by atomic mass is 10.1. The lowest BCUT2D eigenvalue weighted by Gasteiger charge is -2.14. The molecule has 0 aliphatic carbocycles. The third-order valence-corrected chi connectivity index (χ3v) is 7.46. The molecule has 2 N–H and O–H groups in total. The van der Waals surface area contributed by atoms with Crippen LogP contribution in [-0.2, 0) is 15.9 Å². The standard InChI is InChI=1S/C28H25Cl2N9O4/c1-42-11-2-12-43-28(41)32-18-6-3-16(4-7-18)25-26(30)35-27(34-25)22-9-10-23-33-20(14-24(40)39(22)23)19-13-17(29)5-8-21(19)38-15-31-36-37-38/h3-8,13-15,22H,2,9-12H2,1H3,(H,32,41)(H,34,35)/t22-/m0/s1. The van der Waals surface area contributed by atoms with E-state index >= 15 is 0 Å². The van der Waals surface area contributed by atoms with E-state index in [0.29, 0.717) is 70.9 Å². The first kappa shape index (κ1) is 28.5. The summed E-state index contributed by atoms with van der Waals surface area (Å²) in [6, 6.07) is 13.4. The first-order valence-corrected chi connectivity index (χ1v) is 14.1. The van der Waals surface area contributed by atoms with Crippen molar-refractivity contribution in [3.8, 4) is 28.2 Å². The van der Waals surface area contributed by atoms with Crippen molar-refractivity contribution >= 4 is 35.0 Å². The number of ether oxygens (including phenoxy) is 2. The van der Waals surface area contributed by atoms with Gasteiger partial charge in [-0.25, -0.2) is 14.8 Å². The molecule has 0 radical (unpaired) electrons. The van der Waals surface area contributed by atoms with Crippen molar-refractivity contribution in [3.63, 3.8) is 0 Å². The lowest BCUT2D eigenvalue weighted by molar-refractivity contribution is 0.134. The van der Waals surface area contributed by atoms with E-state index in [1.807, 2.05) is 0 Å². The Balaban J connectivity index is 1.23. The molecule has 43 heavy (non-hydrogen) atoms. The second-order valence-electron chi connectivity index (χ2n) is 9.71. The molecule has 13 nitrogen and oxygen atoms in total. The van der Waals surface area contributed by atoms with Gasteiger partial charge in [-0.2, -0.15) is 4.68 Å². The van der Waals surface area contributed by atoms with Crippen LogP contribution in [0.2, 0.25) is 10.2 Å². The first-order chi connectivity index (χ1) is 20.9. The van der Waals surface area contributed by atoms with Crippen LogP contribution in [-0.4, -0.2) is 66.1 Å². The van der Waals surface area contributed by atoms with Gasteiger partial charge in [0.2, 0.25) is 0 Å². The summed E-state index contributed by atoms with van der Waals surface area (Å²) >= 11 is 12.8. The Kier molecular flexibility index (Phi) is 8.18. The Bertz CT molecular complexity index is 1820. The van der Waals surface area contributed by atoms with Gasteiger partial charge in [0.15, 0.2) is 5.15 Å². The molecule has 0 unspecified atom stereocenters. The van der Waals surface area contributed by atoms with Gasteiger partial charge in [0.05, 0.1) is 29.7 Å². The van der Waals surface area contributed by atoms with Gasteiger partial charge in [-0.3, -0.25) is 14.7 Å². The maximum Gasteiger partial charge on any atom is 0.411 e. The maximum atomic E-state index is 13.5. The summed E-state index contributed by atoms with van der Waals surface area (Å²) in [6.45, 7) is 0.775. The van der Waals surface area contributed by atoms with Crippen LogP contribution < -0.4 is 10.9 Å². The van der Waals surface area contributed by atoms with Gasteiger partial charge >= 0.3 is 6.09 Å². The summed E-state index contributed by atoms with van der Waals surface area (Å²) in [5.41, 5.74) is 3.43. The summed E-state index contributed by atoms with van der Waals surface area (Å²) in [5.74, 6) is 1.17. The van der Waals surface area contributed by atoms with Crippen LogP contribution in [0.15, 0.2) is 59.7 Å². The molecule has 6 rings (SSSR count). The molecule has 0 bridgehead atoms. The number of tetrazole rings is 1. The van der Waals surface area contributed by atoms with E-state index in [9.17, 15) is 9.59 Å². The highest BCUT2D eigenvalue weighted by atomic mass is 35.5. The Labute approximate surface area is 254 Å². The minimum absolute atomic E-state index is 0.233. The third kappa shape index (κ3) is 6.00. The first-order valence-electron chi connectivity index (χ1n) is 13.4. The fourth-order valence-electron chi connectivity index (χ4n) is 4.99. The van der Waals surface area contributed by atoms with Crippen molar-refractivity contribution in [1.29, 1.82) is 0 Å². The number of rotatable bonds is 9. The fraction of sp³-hybridized carbons (Fsp3) is 0.250. The minimum atomic E-state index is -0.546. The number of nitrogens with one attached hydrogen (secondary N) is 2. The summed E-state index contributed by atoms with van der Waals surface area (Å²) in [4.78, 5) is 38.1. The predicted octanol–water partition coefficient (Wildman–Crippen LogP) is 4.70. The van der Waals surface area contributed by atoms with Crippen LogP contribution in [0, 0.1) is 0 Å². The molecule has 0 saturated carbocycles. The van der Waals surface area contributed by atoms with E-state index in [1.165, 1.54) is 17.1 Å². The number of carbonyl (C=O) groups excluding carboxylic acids is 1. The summed E-state index contributed by atoms with van der Waals surface area (Å²) < 4.78 is 13.2. The van der Waals surface area contributed by atoms with Crippen LogP contribution in [0.1, 0.15) is 30.5 Å². The van der Waals surface area contributed by atoms with Crippen molar-refractivity contribution in [3.05, 3.63) is 87.0 Å². The van der Waals surface area contributed by atoms with Gasteiger partial charge in [-0.05, 0) is 47.2 Å². The Hall–Kier alpha value is -4.59. The molecule has 15 heteroatoms. The molecule has 1 aliphatic heterocycles. The van der Waals surface area contributed by atoms with E-state index in [0.717, 1.165) is 5.56 Å². The predicted molar refractivity (Wildman–Crippen MR) is 159 cm³/mol. The Morgan fingerprint density at radius 2 is 1.95 bits per heavy atom. The number of hydrogen-bond donors (Lipinski definition) is 2. The Morgan fingerprint density at radius 1 is 1.12 bits per heavy atom. The number of aromatic nitrogens is 8. The number of fused-ring (bicyclic) bond motifs is 1. The van der Waals surface area contributed by atoms with Gasteiger partial charge in [-0.1, -0.05) is 35.3 Å². The number of imidazole rings is 1. The molecule has 1 atom stereocenters. The number of H-pyrrole nitrogens is 1. The topological polar surface area (TPSA) is 155 Å². The van der Waals surface area contributed by atoms with Crippen molar-refractivity contribution in [2.24, 2.45) is 0 Å². The second-order valence-corrected chi connectivity index (χ2v) is 10.5. The van der Waals surface area contributed by atoms with E-state index < -0.39 is 6.09 Å². The van der Waals surface area contributed by atoms with E-state index in [-0.39, 0.29) is 23.4 Å². The van der Waals surface area contributed by atoms with Crippen molar-refractivity contribution < 1.29 is 14.3 Å². The molecule has 0 fully saturated rings. The van der Waals surface area contributed by atoms with Gasteiger partial charge in [0.1, 0.15) is 18.0 Å². The third-order valence-electron chi connectivity index (χ3n) is 6.95. The highest BCUT2D eigenvalue weighted by Gasteiger charge is 2.30. The molecule has 220 valence electrons. The molecule has 3 aromatic heterocycles. The van der Waals surface area contributed by atoms with Gasteiger partial charge in [-0.15, -0.1) is 5.10 Å². The monoisotopic (exact) mass is 621 g/mol. The smallest absolute Gasteiger partial charge is 0.411 e. The fourth-order valence-corrected chi connectivity index (χ4v) is 5.41. The zero-order chi connectivity index (χ0) is 29.9. The molecule has 1 amide bonds. The zero-order valence-corrected chi connectivity index (χ0v) is 24.3. The summed E-state index contributed by atoms with van der Waals surface area (Å²) in [7, 11) is 1.59. The summed E-state index contributed by atoms with van der Waals surface area (Å²) in [6.07, 6.45) is 2.70. The molecule has 2 aromatic carbocycles. The van der Waals surface area contributed by atoms with Gasteiger partial charge < -0.3 is 14.5 Å². The molecule has 1 aliphatic rings. The number of nitrogens with zero attached hydrogens (tertiary/aromatic N) is 7. The van der Waals surface area contributed by atoms with Crippen LogP contribution >= 0.6 is 23.2 Å². The SMILES string of the molecule is COCCCOC(=O)Nc1ccc(-c2[nH]c([C@@H]3CCc4nc(-c5cc(Cl)ccc5-n5cnnn5)cc(=O)n43)nc2Cl)cc1. The Morgan fingerprint density at radius 3 is 2.72 bits per heavy atom. The number of halogens is 2. The van der Waals surface area contributed by atoms with Crippen molar-refractivity contribution in [1.82, 2.24) is 39.7 Å². The number of hydrogen-bond acceptors (Lipinski definition) is 9. The molecule has 0 saturated heterocycles. The average Bonchev–Trinajstić information content (AvgIpc) is 3.76. The highest BCUT2D eigenvalue weighted by Crippen LogP contribution is 2.35. The second kappa shape index (κ2) is 12.3. The number of amides is 1. The number of anilines is 1. The lowest BCUT2D eigenvalue weighted by Crippen LogP contribution is -2.25. The highest BCUT2D eigenvalue weighted by molar-refractivity contribution is 6.32. The van der Waals surface area contributed by atoms with Crippen molar-refractivity contribution in [2.75, 3.05) is 25.6 Å². The molecular weight excluding hydrogens is 597 g/mol. The van der Waals surface area contributed by atoms with Crippen LogP contribution in [0.4, 0.5) is 10.5 Å². The van der Waals surface area contributed by atoms with E-state index in [2.05, 4.69) is 30.8 Å². The number of carbonyl (C=O) groups is 1.